The van der Waals surface area contributed by atoms with Crippen molar-refractivity contribution in [2.45, 2.75) is 15.8 Å². The van der Waals surface area contributed by atoms with Gasteiger partial charge in [0.1, 0.15) is 0 Å². The van der Waals surface area contributed by atoms with Crippen molar-refractivity contribution in [1.29, 1.82) is 0 Å². The van der Waals surface area contributed by atoms with Crippen LogP contribution in [-0.4, -0.2) is 47.0 Å². The number of hydrogen-bond donors (Lipinski definition) is 5. The summed E-state index contributed by atoms with van der Waals surface area (Å²) in [5.41, 5.74) is 5.26. The second-order valence-corrected chi connectivity index (χ2v) is 8.06. The van der Waals surface area contributed by atoms with Gasteiger partial charge in [0, 0.05) is 10.6 Å². The maximum Gasteiger partial charge on any atom is 0.354 e. The van der Waals surface area contributed by atoms with E-state index in [0.717, 1.165) is 17.1 Å². The van der Waals surface area contributed by atoms with Crippen LogP contribution < -0.4 is 15.9 Å². The summed E-state index contributed by atoms with van der Waals surface area (Å²) in [6.07, 6.45) is 0. The van der Waals surface area contributed by atoms with E-state index < -0.39 is 33.7 Å². The molecule has 2 aromatic carbocycles. The molecule has 1 amide bonds. The molecule has 0 bridgehead atoms. The van der Waals surface area contributed by atoms with Crippen molar-refractivity contribution in [3.63, 3.8) is 0 Å². The van der Waals surface area contributed by atoms with Gasteiger partial charge in [0.2, 0.25) is 0 Å². The van der Waals surface area contributed by atoms with Crippen LogP contribution >= 0.6 is 12.0 Å². The molecule has 3 rings (SSSR count). The second kappa shape index (κ2) is 9.40. The summed E-state index contributed by atoms with van der Waals surface area (Å²) >= 11 is 0.705. The van der Waals surface area contributed by atoms with Crippen LogP contribution in [0.25, 0.3) is 0 Å². The van der Waals surface area contributed by atoms with Gasteiger partial charge < -0.3 is 10.5 Å². The molecule has 0 saturated carbocycles. The Morgan fingerprint density at radius 2 is 1.77 bits per heavy atom. The fourth-order valence-corrected chi connectivity index (χ4v) is 3.33. The van der Waals surface area contributed by atoms with Crippen LogP contribution in [0.3, 0.4) is 0 Å². The number of nitrogens with one attached hydrogen (secondary N) is 2. The van der Waals surface area contributed by atoms with Gasteiger partial charge in [-0.2, -0.15) is 18.5 Å². The van der Waals surface area contributed by atoms with Crippen LogP contribution in [0, 0.1) is 0 Å². The smallest absolute Gasteiger partial charge is 0.354 e. The van der Waals surface area contributed by atoms with E-state index in [0.29, 0.717) is 22.6 Å². The number of rotatable bonds is 9. The normalized spacial score (nSPS) is 16.3. The minimum absolute atomic E-state index is 0.278. The Bertz CT molecular complexity index is 1100. The largest absolute Gasteiger partial charge is 0.477 e. The van der Waals surface area contributed by atoms with Gasteiger partial charge in [-0.1, -0.05) is 5.04 Å². The van der Waals surface area contributed by atoms with Gasteiger partial charge in [-0.05, 0) is 48.5 Å². The number of carbonyl (C=O) groups excluding carboxylic acids is 1. The maximum absolute atomic E-state index is 12.7. The maximum atomic E-state index is 12.7. The van der Waals surface area contributed by atoms with Crippen LogP contribution in [0.2, 0.25) is 0 Å². The molecule has 1 heterocycles. The lowest BCUT2D eigenvalue weighted by Gasteiger charge is -2.16. The zero-order valence-corrected chi connectivity index (χ0v) is 16.8. The molecule has 1 atom stereocenters. The molecule has 164 valence electrons. The van der Waals surface area contributed by atoms with E-state index in [1.165, 1.54) is 36.4 Å². The highest BCUT2D eigenvalue weighted by Gasteiger charge is 2.40. The highest BCUT2D eigenvalue weighted by atomic mass is 32.2. The second-order valence-electron chi connectivity index (χ2n) is 5.86. The molecule has 0 saturated heterocycles. The van der Waals surface area contributed by atoms with E-state index in [1.807, 2.05) is 0 Å². The highest BCUT2D eigenvalue weighted by Crippen LogP contribution is 2.26. The molecule has 0 fully saturated rings. The van der Waals surface area contributed by atoms with E-state index >= 15 is 0 Å². The van der Waals surface area contributed by atoms with Crippen molar-refractivity contribution in [3.8, 4) is 0 Å². The van der Waals surface area contributed by atoms with E-state index in [4.69, 9.17) is 9.81 Å². The Kier molecular flexibility index (Phi) is 6.86. The molecule has 15 heteroatoms. The Morgan fingerprint density at radius 3 is 2.32 bits per heavy atom. The first-order valence-corrected chi connectivity index (χ1v) is 10.4. The van der Waals surface area contributed by atoms with Crippen LogP contribution in [0.4, 0.5) is 11.4 Å². The van der Waals surface area contributed by atoms with E-state index in [-0.39, 0.29) is 10.6 Å². The van der Waals surface area contributed by atoms with E-state index in [9.17, 15) is 23.1 Å². The number of nitrogens with zero attached hydrogens (tertiary/aromatic N) is 2. The van der Waals surface area contributed by atoms with Crippen molar-refractivity contribution in [2.75, 3.05) is 10.4 Å². The number of hydrazone groups is 1. The fourth-order valence-electron chi connectivity index (χ4n) is 2.50. The van der Waals surface area contributed by atoms with Gasteiger partial charge in [0.25, 0.3) is 16.0 Å². The first kappa shape index (κ1) is 22.6. The lowest BCUT2D eigenvalue weighted by molar-refractivity contribution is -0.432. The SMILES string of the molecule is O=C(O)C1=NN(c2ccc(SOOO)cc2)C(=O)C1NNc1ccc(S(=O)(=O)O)cc1. The standard InChI is InChI=1S/C16H14N4O9S2/c21-15-13(18-17-9-1-7-12(8-2-9)31(25,26)27)14(16(22)23)19-20(15)10-3-5-11(6-4-10)30-29-28-24/h1-8,13,17-18,24H,(H,22,23)(H,25,26,27). The van der Waals surface area contributed by atoms with Crippen LogP contribution in [0.5, 0.6) is 0 Å². The lowest BCUT2D eigenvalue weighted by atomic mass is 10.2. The van der Waals surface area contributed by atoms with Crippen molar-refractivity contribution in [1.82, 2.24) is 5.43 Å². The minimum atomic E-state index is -4.36. The van der Waals surface area contributed by atoms with Gasteiger partial charge in [0.05, 0.1) is 22.6 Å². The van der Waals surface area contributed by atoms with Crippen LogP contribution in [-0.2, 0) is 29.1 Å². The minimum Gasteiger partial charge on any atom is -0.477 e. The molecule has 0 aromatic heterocycles. The van der Waals surface area contributed by atoms with Crippen molar-refractivity contribution < 1.29 is 42.3 Å². The molecule has 0 radical (unpaired) electrons. The highest BCUT2D eigenvalue weighted by molar-refractivity contribution is 7.94. The molecule has 1 aliphatic rings. The van der Waals surface area contributed by atoms with Gasteiger partial charge in [-0.3, -0.25) is 9.35 Å². The third kappa shape index (κ3) is 5.36. The summed E-state index contributed by atoms with van der Waals surface area (Å²) in [7, 11) is -4.36. The number of hydrogen-bond acceptors (Lipinski definition) is 11. The number of carboxylic acids is 1. The first-order chi connectivity index (χ1) is 14.7. The Balaban J connectivity index is 1.73. The molecule has 1 unspecified atom stereocenters. The van der Waals surface area contributed by atoms with E-state index in [2.05, 4.69) is 25.3 Å². The summed E-state index contributed by atoms with van der Waals surface area (Å²) in [6.45, 7) is 0. The summed E-state index contributed by atoms with van der Waals surface area (Å²) in [6, 6.07) is 9.52. The molecule has 2 aromatic rings. The molecule has 31 heavy (non-hydrogen) atoms. The summed E-state index contributed by atoms with van der Waals surface area (Å²) in [5, 5.41) is 25.8. The number of carboxylic acid groups (broad SMARTS) is 1. The first-order valence-electron chi connectivity index (χ1n) is 8.20. The monoisotopic (exact) mass is 470 g/mol. The quantitative estimate of drug-likeness (QED) is 0.152. The molecule has 5 N–H and O–H groups in total. The molecule has 0 aliphatic carbocycles. The predicted molar refractivity (Wildman–Crippen MR) is 106 cm³/mol. The molecule has 0 spiro atoms. The Morgan fingerprint density at radius 1 is 1.13 bits per heavy atom. The van der Waals surface area contributed by atoms with Crippen LogP contribution in [0.15, 0.2) is 63.4 Å². The molecule has 1 aliphatic heterocycles. The number of hydrazine groups is 1. The average Bonchev–Trinajstić information content (AvgIpc) is 3.07. The van der Waals surface area contributed by atoms with Crippen molar-refractivity contribution >= 4 is 51.1 Å². The van der Waals surface area contributed by atoms with Crippen molar-refractivity contribution in [3.05, 3.63) is 48.5 Å². The van der Waals surface area contributed by atoms with Crippen LogP contribution in [0.1, 0.15) is 0 Å². The average molecular weight is 470 g/mol. The van der Waals surface area contributed by atoms with Gasteiger partial charge in [-0.25, -0.2) is 15.5 Å². The fraction of sp³-hybridized carbons (Fsp3) is 0.0625. The number of carbonyl (C=O) groups is 2. The summed E-state index contributed by atoms with van der Waals surface area (Å²) < 4.78 is 35.4. The number of aliphatic carboxylic acids is 1. The summed E-state index contributed by atoms with van der Waals surface area (Å²) in [4.78, 5) is 24.5. The lowest BCUT2D eigenvalue weighted by Crippen LogP contribution is -2.48. The molecular weight excluding hydrogens is 456 g/mol. The van der Waals surface area contributed by atoms with Gasteiger partial charge in [-0.15, -0.1) is 4.33 Å². The summed E-state index contributed by atoms with van der Waals surface area (Å²) in [5.74, 6) is -2.10. The van der Waals surface area contributed by atoms with E-state index in [1.54, 1.807) is 0 Å². The zero-order chi connectivity index (χ0) is 22.6. The number of amides is 1. The molecule has 13 nitrogen and oxygen atoms in total. The predicted octanol–water partition coefficient (Wildman–Crippen LogP) is 1.13. The van der Waals surface area contributed by atoms with Gasteiger partial charge in [0.15, 0.2) is 11.8 Å². The number of benzene rings is 2. The molecular formula is C16H14N4O9S2. The third-order valence-corrected chi connectivity index (χ3v) is 5.37. The Hall–Kier alpha value is -3.05. The van der Waals surface area contributed by atoms with Gasteiger partial charge >= 0.3 is 5.97 Å². The third-order valence-electron chi connectivity index (χ3n) is 3.91. The Labute approximate surface area is 179 Å². The zero-order valence-electron chi connectivity index (χ0n) is 15.2. The van der Waals surface area contributed by atoms with Crippen molar-refractivity contribution in [2.24, 2.45) is 5.10 Å². The topological polar surface area (TPSA) is 187 Å². The number of anilines is 2.